The first-order chi connectivity index (χ1) is 8.60. The molecular weight excluding hydrogens is 240 g/mol. The topological polar surface area (TPSA) is 17.1 Å². The molecule has 0 aromatic carbocycles. The zero-order chi connectivity index (χ0) is 13.8. The molecular formula is C16H34OS. The highest BCUT2D eigenvalue weighted by Crippen LogP contribution is 2.15. The molecule has 0 amide bonds. The number of rotatable bonds is 12. The van der Waals surface area contributed by atoms with Crippen molar-refractivity contribution in [3.63, 3.8) is 0 Å². The molecule has 0 aromatic heterocycles. The summed E-state index contributed by atoms with van der Waals surface area (Å²) in [7, 11) is -0.572. The van der Waals surface area contributed by atoms with Gasteiger partial charge in [0.1, 0.15) is 0 Å². The van der Waals surface area contributed by atoms with Gasteiger partial charge >= 0.3 is 0 Å². The Morgan fingerprint density at radius 3 is 1.50 bits per heavy atom. The predicted octanol–water partition coefficient (Wildman–Crippen LogP) is 5.17. The first-order valence-corrected chi connectivity index (χ1v) is 9.43. The van der Waals surface area contributed by atoms with Crippen LogP contribution in [0.15, 0.2) is 0 Å². The van der Waals surface area contributed by atoms with Gasteiger partial charge in [0.15, 0.2) is 0 Å². The van der Waals surface area contributed by atoms with Crippen LogP contribution in [0, 0.1) is 11.8 Å². The fourth-order valence-corrected chi connectivity index (χ4v) is 3.70. The second-order valence-electron chi connectivity index (χ2n) is 5.92. The van der Waals surface area contributed by atoms with Gasteiger partial charge in [-0.05, 0) is 24.7 Å². The van der Waals surface area contributed by atoms with Crippen molar-refractivity contribution in [1.29, 1.82) is 0 Å². The second kappa shape index (κ2) is 12.2. The van der Waals surface area contributed by atoms with Gasteiger partial charge in [0.2, 0.25) is 0 Å². The number of unbranched alkanes of at least 4 members (excludes halogenated alkanes) is 2. The Morgan fingerprint density at radius 1 is 0.778 bits per heavy atom. The first kappa shape index (κ1) is 18.1. The lowest BCUT2D eigenvalue weighted by Crippen LogP contribution is -2.09. The highest BCUT2D eigenvalue weighted by Gasteiger charge is 2.08. The van der Waals surface area contributed by atoms with E-state index >= 15 is 0 Å². The minimum Gasteiger partial charge on any atom is -0.260 e. The monoisotopic (exact) mass is 274 g/mol. The minimum atomic E-state index is -0.572. The van der Waals surface area contributed by atoms with Crippen molar-refractivity contribution in [2.75, 3.05) is 11.5 Å². The Hall–Kier alpha value is 0.150. The Kier molecular flexibility index (Phi) is 12.3. The zero-order valence-electron chi connectivity index (χ0n) is 13.0. The Morgan fingerprint density at radius 2 is 1.17 bits per heavy atom. The third-order valence-electron chi connectivity index (χ3n) is 3.78. The van der Waals surface area contributed by atoms with Crippen LogP contribution in [0.2, 0.25) is 0 Å². The van der Waals surface area contributed by atoms with Crippen LogP contribution in [0.3, 0.4) is 0 Å². The van der Waals surface area contributed by atoms with Gasteiger partial charge in [-0.25, -0.2) is 0 Å². The van der Waals surface area contributed by atoms with Gasteiger partial charge in [-0.2, -0.15) is 0 Å². The van der Waals surface area contributed by atoms with E-state index in [2.05, 4.69) is 27.7 Å². The molecule has 0 radical (unpaired) electrons. The molecule has 0 aliphatic heterocycles. The van der Waals surface area contributed by atoms with Gasteiger partial charge in [-0.3, -0.25) is 4.21 Å². The largest absolute Gasteiger partial charge is 0.260 e. The lowest BCUT2D eigenvalue weighted by Gasteiger charge is -2.12. The van der Waals surface area contributed by atoms with Crippen LogP contribution in [-0.4, -0.2) is 15.7 Å². The molecule has 0 saturated carbocycles. The summed E-state index contributed by atoms with van der Waals surface area (Å²) in [6.07, 6.45) is 10.1. The van der Waals surface area contributed by atoms with Gasteiger partial charge in [-0.15, -0.1) is 0 Å². The summed E-state index contributed by atoms with van der Waals surface area (Å²) in [6.45, 7) is 9.08. The lowest BCUT2D eigenvalue weighted by molar-refractivity contribution is 0.486. The SMILES string of the molecule is CCCCC(C)CCS(=O)CCC(C)CCCC. The van der Waals surface area contributed by atoms with E-state index in [1.165, 1.54) is 38.5 Å². The van der Waals surface area contributed by atoms with Gasteiger partial charge in [0.05, 0.1) is 0 Å². The Bertz CT molecular complexity index is 183. The summed E-state index contributed by atoms with van der Waals surface area (Å²) < 4.78 is 11.9. The van der Waals surface area contributed by atoms with E-state index in [0.717, 1.165) is 36.2 Å². The average Bonchev–Trinajstić information content (AvgIpc) is 2.37. The number of hydrogen-bond acceptors (Lipinski definition) is 1. The van der Waals surface area contributed by atoms with E-state index in [9.17, 15) is 4.21 Å². The van der Waals surface area contributed by atoms with Gasteiger partial charge in [0, 0.05) is 22.3 Å². The summed E-state index contributed by atoms with van der Waals surface area (Å²) in [4.78, 5) is 0. The van der Waals surface area contributed by atoms with E-state index in [1.54, 1.807) is 0 Å². The molecule has 18 heavy (non-hydrogen) atoms. The molecule has 2 heteroatoms. The summed E-state index contributed by atoms with van der Waals surface area (Å²) in [5.74, 6) is 3.36. The molecule has 110 valence electrons. The molecule has 0 aliphatic carbocycles. The minimum absolute atomic E-state index is 0.572. The first-order valence-electron chi connectivity index (χ1n) is 7.95. The van der Waals surface area contributed by atoms with Crippen LogP contribution in [0.4, 0.5) is 0 Å². The van der Waals surface area contributed by atoms with Crippen molar-refractivity contribution in [2.24, 2.45) is 11.8 Å². The van der Waals surface area contributed by atoms with E-state index in [-0.39, 0.29) is 0 Å². The maximum Gasteiger partial charge on any atom is 0.0237 e. The quantitative estimate of drug-likeness (QED) is 0.480. The van der Waals surface area contributed by atoms with Gasteiger partial charge in [0.25, 0.3) is 0 Å². The van der Waals surface area contributed by atoms with Crippen molar-refractivity contribution in [2.45, 2.75) is 79.1 Å². The summed E-state index contributed by atoms with van der Waals surface area (Å²) in [6, 6.07) is 0. The van der Waals surface area contributed by atoms with Gasteiger partial charge < -0.3 is 0 Å². The van der Waals surface area contributed by atoms with Crippen molar-refractivity contribution in [1.82, 2.24) is 0 Å². The molecule has 2 atom stereocenters. The maximum atomic E-state index is 11.9. The molecule has 0 fully saturated rings. The summed E-state index contributed by atoms with van der Waals surface area (Å²) >= 11 is 0. The van der Waals surface area contributed by atoms with E-state index < -0.39 is 10.8 Å². The molecule has 0 aliphatic rings. The summed E-state index contributed by atoms with van der Waals surface area (Å²) in [5.41, 5.74) is 0. The van der Waals surface area contributed by atoms with Crippen molar-refractivity contribution in [3.05, 3.63) is 0 Å². The molecule has 1 nitrogen and oxygen atoms in total. The Labute approximate surface area is 118 Å². The van der Waals surface area contributed by atoms with E-state index in [0.29, 0.717) is 0 Å². The van der Waals surface area contributed by atoms with Gasteiger partial charge in [-0.1, -0.05) is 66.2 Å². The third-order valence-corrected chi connectivity index (χ3v) is 5.16. The normalized spacial score (nSPS) is 16.4. The molecule has 0 bridgehead atoms. The highest BCUT2D eigenvalue weighted by molar-refractivity contribution is 7.84. The highest BCUT2D eigenvalue weighted by atomic mass is 32.2. The van der Waals surface area contributed by atoms with Crippen LogP contribution in [0.1, 0.15) is 79.1 Å². The van der Waals surface area contributed by atoms with Crippen LogP contribution >= 0.6 is 0 Å². The van der Waals surface area contributed by atoms with Crippen LogP contribution in [0.5, 0.6) is 0 Å². The molecule has 0 rings (SSSR count). The van der Waals surface area contributed by atoms with E-state index in [1.807, 2.05) is 0 Å². The molecule has 0 saturated heterocycles. The molecule has 0 spiro atoms. The maximum absolute atomic E-state index is 11.9. The average molecular weight is 275 g/mol. The Balaban J connectivity index is 3.52. The molecule has 0 heterocycles. The third kappa shape index (κ3) is 11.3. The van der Waals surface area contributed by atoms with Crippen LogP contribution < -0.4 is 0 Å². The van der Waals surface area contributed by atoms with Crippen molar-refractivity contribution < 1.29 is 4.21 Å². The second-order valence-corrected chi connectivity index (χ2v) is 7.62. The standard InChI is InChI=1S/C16H34OS/c1-5-7-9-15(3)11-13-18(17)14-12-16(4)10-8-6-2/h15-16H,5-14H2,1-4H3. The zero-order valence-corrected chi connectivity index (χ0v) is 13.9. The predicted molar refractivity (Wildman–Crippen MR) is 84.5 cm³/mol. The molecule has 0 N–H and O–H groups in total. The van der Waals surface area contributed by atoms with Crippen LogP contribution in [-0.2, 0) is 10.8 Å². The molecule has 0 aromatic rings. The van der Waals surface area contributed by atoms with E-state index in [4.69, 9.17) is 0 Å². The number of hydrogen-bond donors (Lipinski definition) is 0. The van der Waals surface area contributed by atoms with Crippen LogP contribution in [0.25, 0.3) is 0 Å². The smallest absolute Gasteiger partial charge is 0.0237 e. The summed E-state index contributed by atoms with van der Waals surface area (Å²) in [5, 5.41) is 0. The fraction of sp³-hybridized carbons (Fsp3) is 1.00. The van der Waals surface area contributed by atoms with Crippen molar-refractivity contribution in [3.8, 4) is 0 Å². The fourth-order valence-electron chi connectivity index (χ4n) is 2.16. The lowest BCUT2D eigenvalue weighted by atomic mass is 10.0. The molecule has 2 unspecified atom stereocenters. The van der Waals surface area contributed by atoms with Crippen molar-refractivity contribution >= 4 is 10.8 Å².